The monoisotopic (exact) mass is 399 g/mol. The molecule has 6 rings (SSSR count). The lowest BCUT2D eigenvalue weighted by Gasteiger charge is -2.24. The van der Waals surface area contributed by atoms with Crippen LogP contribution in [0.3, 0.4) is 0 Å². The summed E-state index contributed by atoms with van der Waals surface area (Å²) in [6.45, 7) is 3.11. The fraction of sp³-hybridized carbons (Fsp3) is 0.304. The largest absolute Gasteiger partial charge is 0.365 e. The van der Waals surface area contributed by atoms with Gasteiger partial charge in [0, 0.05) is 0 Å². The van der Waals surface area contributed by atoms with Crippen LogP contribution in [0, 0.1) is 6.92 Å². The van der Waals surface area contributed by atoms with Crippen LogP contribution >= 0.6 is 0 Å². The summed E-state index contributed by atoms with van der Waals surface area (Å²) in [6.07, 6.45) is 1.99. The third-order valence-corrected chi connectivity index (χ3v) is 6.17. The van der Waals surface area contributed by atoms with Crippen molar-refractivity contribution >= 4 is 0 Å². The van der Waals surface area contributed by atoms with Crippen molar-refractivity contribution in [1.82, 2.24) is 25.1 Å². The molecule has 1 fully saturated rings. The van der Waals surface area contributed by atoms with Gasteiger partial charge in [0.2, 0.25) is 11.7 Å². The fourth-order valence-corrected chi connectivity index (χ4v) is 4.19. The Morgan fingerprint density at radius 3 is 2.60 bits per heavy atom. The molecular formula is C23H21N5O2. The Labute approximate surface area is 173 Å². The fourth-order valence-electron chi connectivity index (χ4n) is 4.19. The molecule has 7 heteroatoms. The molecule has 1 atom stereocenters. The van der Waals surface area contributed by atoms with Crippen LogP contribution in [0.2, 0.25) is 0 Å². The Morgan fingerprint density at radius 2 is 1.83 bits per heavy atom. The minimum absolute atomic E-state index is 0.0405. The summed E-state index contributed by atoms with van der Waals surface area (Å²) in [7, 11) is 0. The highest BCUT2D eigenvalue weighted by Crippen LogP contribution is 2.53. The first-order chi connectivity index (χ1) is 14.7. The van der Waals surface area contributed by atoms with E-state index in [9.17, 15) is 0 Å². The van der Waals surface area contributed by atoms with Gasteiger partial charge in [-0.15, -0.1) is 5.10 Å². The summed E-state index contributed by atoms with van der Waals surface area (Å²) >= 11 is 0. The number of ether oxygens (including phenoxy) is 1. The van der Waals surface area contributed by atoms with Crippen molar-refractivity contribution in [2.45, 2.75) is 44.4 Å². The summed E-state index contributed by atoms with van der Waals surface area (Å²) in [6, 6.07) is 18.8. The molecule has 4 aromatic rings. The van der Waals surface area contributed by atoms with E-state index in [0.29, 0.717) is 30.6 Å². The van der Waals surface area contributed by atoms with Crippen molar-refractivity contribution < 1.29 is 9.26 Å². The third kappa shape index (κ3) is 2.77. The highest BCUT2D eigenvalue weighted by atomic mass is 16.5. The maximum absolute atomic E-state index is 6.12. The van der Waals surface area contributed by atoms with Gasteiger partial charge in [0.15, 0.2) is 5.69 Å². The second kappa shape index (κ2) is 6.60. The minimum Gasteiger partial charge on any atom is -0.365 e. The number of benzene rings is 2. The summed E-state index contributed by atoms with van der Waals surface area (Å²) in [5, 5.41) is 12.9. The zero-order valence-electron chi connectivity index (χ0n) is 16.7. The van der Waals surface area contributed by atoms with Crippen LogP contribution in [-0.4, -0.2) is 25.1 Å². The molecule has 0 bridgehead atoms. The first-order valence-corrected chi connectivity index (χ1v) is 10.2. The lowest BCUT2D eigenvalue weighted by atomic mass is 9.96. The molecule has 1 saturated carbocycles. The Kier molecular flexibility index (Phi) is 3.86. The predicted molar refractivity (Wildman–Crippen MR) is 108 cm³/mol. The Hall–Kier alpha value is -3.32. The van der Waals surface area contributed by atoms with E-state index in [2.05, 4.69) is 58.8 Å². The predicted octanol–water partition coefficient (Wildman–Crippen LogP) is 3.99. The van der Waals surface area contributed by atoms with Gasteiger partial charge in [0.1, 0.15) is 6.10 Å². The number of rotatable bonds is 4. The maximum atomic E-state index is 6.12. The maximum Gasteiger partial charge on any atom is 0.237 e. The first kappa shape index (κ1) is 17.5. The molecule has 0 amide bonds. The van der Waals surface area contributed by atoms with Gasteiger partial charge in [-0.1, -0.05) is 70.5 Å². The van der Waals surface area contributed by atoms with E-state index < -0.39 is 0 Å². The summed E-state index contributed by atoms with van der Waals surface area (Å²) in [4.78, 5) is 4.71. The van der Waals surface area contributed by atoms with Crippen molar-refractivity contribution in [1.29, 1.82) is 0 Å². The van der Waals surface area contributed by atoms with Crippen LogP contribution in [0.25, 0.3) is 11.5 Å². The Balaban J connectivity index is 1.28. The lowest BCUT2D eigenvalue weighted by molar-refractivity contribution is -0.00112. The molecule has 1 aliphatic carbocycles. The normalized spacial score (nSPS) is 19.4. The van der Waals surface area contributed by atoms with Gasteiger partial charge in [-0.05, 0) is 30.9 Å². The molecule has 0 radical (unpaired) electrons. The van der Waals surface area contributed by atoms with Crippen LogP contribution in [0.4, 0.5) is 0 Å². The zero-order valence-corrected chi connectivity index (χ0v) is 16.7. The average Bonchev–Trinajstić information content (AvgIpc) is 3.26. The van der Waals surface area contributed by atoms with Crippen molar-refractivity contribution in [2.75, 3.05) is 0 Å². The third-order valence-electron chi connectivity index (χ3n) is 6.17. The van der Waals surface area contributed by atoms with E-state index in [4.69, 9.17) is 14.2 Å². The van der Waals surface area contributed by atoms with E-state index in [1.807, 2.05) is 22.9 Å². The standard InChI is InChI=1S/C23H21N5O2/c1-15-7-9-16(10-8-15)19-13-28-18(14-29-19)20(25-27-28)21-24-22(30-26-21)23(11-12-23)17-5-3-2-4-6-17/h2-10,19H,11-14H2,1H3/t19-/m0/s1. The smallest absolute Gasteiger partial charge is 0.237 e. The minimum atomic E-state index is -0.160. The number of nitrogens with zero attached hydrogens (tertiary/aromatic N) is 5. The van der Waals surface area contributed by atoms with Crippen LogP contribution < -0.4 is 0 Å². The van der Waals surface area contributed by atoms with Crippen molar-refractivity contribution in [3.63, 3.8) is 0 Å². The van der Waals surface area contributed by atoms with Crippen LogP contribution in [0.5, 0.6) is 0 Å². The van der Waals surface area contributed by atoms with Gasteiger partial charge in [-0.25, -0.2) is 4.68 Å². The molecule has 2 aromatic carbocycles. The van der Waals surface area contributed by atoms with Gasteiger partial charge < -0.3 is 9.26 Å². The van der Waals surface area contributed by atoms with Crippen LogP contribution in [-0.2, 0) is 23.3 Å². The van der Waals surface area contributed by atoms with E-state index in [0.717, 1.165) is 24.1 Å². The molecular weight excluding hydrogens is 378 g/mol. The Bertz CT molecular complexity index is 1190. The second-order valence-electron chi connectivity index (χ2n) is 8.15. The summed E-state index contributed by atoms with van der Waals surface area (Å²) in [5.74, 6) is 1.13. The lowest BCUT2D eigenvalue weighted by Crippen LogP contribution is -2.22. The summed E-state index contributed by atoms with van der Waals surface area (Å²) < 4.78 is 13.7. The molecule has 2 aliphatic rings. The molecule has 7 nitrogen and oxygen atoms in total. The molecule has 1 aliphatic heterocycles. The molecule has 0 spiro atoms. The molecule has 2 aromatic heterocycles. The van der Waals surface area contributed by atoms with Gasteiger partial charge in [-0.2, -0.15) is 4.98 Å². The van der Waals surface area contributed by atoms with Crippen molar-refractivity contribution in [3.8, 4) is 11.5 Å². The molecule has 3 heterocycles. The number of aromatic nitrogens is 5. The van der Waals surface area contributed by atoms with E-state index in [-0.39, 0.29) is 11.5 Å². The van der Waals surface area contributed by atoms with Crippen LogP contribution in [0.1, 0.15) is 47.2 Å². The number of fused-ring (bicyclic) bond motifs is 1. The zero-order chi connectivity index (χ0) is 20.1. The van der Waals surface area contributed by atoms with E-state index >= 15 is 0 Å². The molecule has 30 heavy (non-hydrogen) atoms. The number of aryl methyl sites for hydroxylation is 1. The second-order valence-corrected chi connectivity index (χ2v) is 8.15. The average molecular weight is 399 g/mol. The van der Waals surface area contributed by atoms with Gasteiger partial charge in [0.05, 0.1) is 24.3 Å². The van der Waals surface area contributed by atoms with E-state index in [1.165, 1.54) is 11.1 Å². The highest BCUT2D eigenvalue weighted by molar-refractivity contribution is 5.52. The Morgan fingerprint density at radius 1 is 1.03 bits per heavy atom. The van der Waals surface area contributed by atoms with Crippen molar-refractivity contribution in [3.05, 3.63) is 82.9 Å². The number of hydrogen-bond donors (Lipinski definition) is 0. The topological polar surface area (TPSA) is 78.9 Å². The quantitative estimate of drug-likeness (QED) is 0.516. The first-order valence-electron chi connectivity index (χ1n) is 10.2. The molecule has 0 saturated heterocycles. The summed E-state index contributed by atoms with van der Waals surface area (Å²) in [5.41, 5.74) is 4.95. The van der Waals surface area contributed by atoms with Gasteiger partial charge in [-0.3, -0.25) is 0 Å². The molecule has 0 N–H and O–H groups in total. The molecule has 150 valence electrons. The number of hydrogen-bond acceptors (Lipinski definition) is 6. The SMILES string of the molecule is Cc1ccc([C@@H]2Cn3nnc(-c4noc(C5(c6ccccc6)CC5)n4)c3CO2)cc1. The van der Waals surface area contributed by atoms with Crippen LogP contribution in [0.15, 0.2) is 59.1 Å². The molecule has 0 unspecified atom stereocenters. The highest BCUT2D eigenvalue weighted by Gasteiger charge is 2.51. The van der Waals surface area contributed by atoms with Gasteiger partial charge >= 0.3 is 0 Å². The van der Waals surface area contributed by atoms with Gasteiger partial charge in [0.25, 0.3) is 0 Å². The van der Waals surface area contributed by atoms with E-state index in [1.54, 1.807) is 0 Å². The van der Waals surface area contributed by atoms with Crippen molar-refractivity contribution in [2.24, 2.45) is 0 Å².